The Morgan fingerprint density at radius 1 is 1.19 bits per heavy atom. The van der Waals surface area contributed by atoms with E-state index in [1.54, 1.807) is 0 Å². The van der Waals surface area contributed by atoms with Gasteiger partial charge in [-0.1, -0.05) is 41.0 Å². The number of thioether (sulfide) groups is 1. The van der Waals surface area contributed by atoms with Crippen LogP contribution in [0.15, 0.2) is 47.6 Å². The van der Waals surface area contributed by atoms with Crippen LogP contribution in [0.4, 0.5) is 0 Å². The molecule has 0 aliphatic rings. The maximum Gasteiger partial charge on any atom is 0.170 e. The van der Waals surface area contributed by atoms with Gasteiger partial charge < -0.3 is 10.9 Å². The summed E-state index contributed by atoms with van der Waals surface area (Å²) in [5.41, 5.74) is 9.98. The second-order valence-corrected chi connectivity index (χ2v) is 6.17. The molecule has 0 heterocycles. The number of hydrogen-bond donors (Lipinski definition) is 2. The van der Waals surface area contributed by atoms with Crippen LogP contribution in [-0.2, 0) is 11.5 Å². The number of hydrogen-bond acceptors (Lipinski definition) is 3. The molecule has 0 aliphatic heterocycles. The number of halogens is 1. The van der Waals surface area contributed by atoms with Crippen LogP contribution in [0.3, 0.4) is 0 Å². The van der Waals surface area contributed by atoms with Crippen molar-refractivity contribution in [2.75, 3.05) is 0 Å². The van der Waals surface area contributed by atoms with Gasteiger partial charge in [-0.05, 0) is 41.8 Å². The Bertz CT molecular complexity index is 641. The molecule has 0 aliphatic carbocycles. The van der Waals surface area contributed by atoms with E-state index < -0.39 is 0 Å². The van der Waals surface area contributed by atoms with Gasteiger partial charge in [-0.25, -0.2) is 0 Å². The standard InChI is InChI=1S/C16H17ClN2OS/c1-11-8-13(16(18)19-20)4-5-14(11)10-21-9-12-2-6-15(17)7-3-12/h2-8,20H,9-10H2,1H3,(H2,18,19). The van der Waals surface area contributed by atoms with Gasteiger partial charge in [-0.2, -0.15) is 11.8 Å². The molecule has 110 valence electrons. The highest BCUT2D eigenvalue weighted by atomic mass is 35.5. The number of oxime groups is 1. The maximum absolute atomic E-state index is 8.68. The predicted octanol–water partition coefficient (Wildman–Crippen LogP) is 4.18. The first kappa shape index (κ1) is 15.7. The van der Waals surface area contributed by atoms with E-state index in [-0.39, 0.29) is 5.84 Å². The number of nitrogens with two attached hydrogens (primary N) is 1. The van der Waals surface area contributed by atoms with E-state index in [2.05, 4.69) is 5.16 Å². The lowest BCUT2D eigenvalue weighted by Crippen LogP contribution is -2.13. The Kier molecular flexibility index (Phi) is 5.53. The molecule has 5 heteroatoms. The Balaban J connectivity index is 1.96. The molecule has 0 atom stereocenters. The van der Waals surface area contributed by atoms with Crippen molar-refractivity contribution < 1.29 is 5.21 Å². The normalized spacial score (nSPS) is 11.6. The Hall–Kier alpha value is -1.65. The van der Waals surface area contributed by atoms with Gasteiger partial charge in [0, 0.05) is 22.1 Å². The lowest BCUT2D eigenvalue weighted by Gasteiger charge is -2.08. The van der Waals surface area contributed by atoms with Gasteiger partial charge in [0.1, 0.15) is 0 Å². The van der Waals surface area contributed by atoms with E-state index in [0.717, 1.165) is 27.7 Å². The lowest BCUT2D eigenvalue weighted by molar-refractivity contribution is 0.318. The Labute approximate surface area is 133 Å². The van der Waals surface area contributed by atoms with Crippen LogP contribution >= 0.6 is 23.4 Å². The summed E-state index contributed by atoms with van der Waals surface area (Å²) in [7, 11) is 0. The molecule has 2 aromatic rings. The van der Waals surface area contributed by atoms with Gasteiger partial charge in [0.05, 0.1) is 0 Å². The van der Waals surface area contributed by atoms with Crippen molar-refractivity contribution in [3.8, 4) is 0 Å². The average Bonchev–Trinajstić information content (AvgIpc) is 2.50. The molecular weight excluding hydrogens is 304 g/mol. The van der Waals surface area contributed by atoms with Gasteiger partial charge in [-0.15, -0.1) is 0 Å². The van der Waals surface area contributed by atoms with Crippen molar-refractivity contribution in [2.24, 2.45) is 10.9 Å². The highest BCUT2D eigenvalue weighted by Crippen LogP contribution is 2.22. The number of rotatable bonds is 5. The second kappa shape index (κ2) is 7.38. The number of aryl methyl sites for hydroxylation is 1. The van der Waals surface area contributed by atoms with Crippen LogP contribution < -0.4 is 5.73 Å². The third kappa shape index (κ3) is 4.41. The smallest absolute Gasteiger partial charge is 0.170 e. The van der Waals surface area contributed by atoms with Crippen LogP contribution in [0.5, 0.6) is 0 Å². The van der Waals surface area contributed by atoms with Crippen molar-refractivity contribution in [1.29, 1.82) is 0 Å². The van der Waals surface area contributed by atoms with Gasteiger partial charge in [0.15, 0.2) is 5.84 Å². The number of amidine groups is 1. The molecule has 2 aromatic carbocycles. The maximum atomic E-state index is 8.68. The summed E-state index contributed by atoms with van der Waals surface area (Å²) < 4.78 is 0. The zero-order valence-electron chi connectivity index (χ0n) is 11.7. The molecule has 0 saturated heterocycles. The molecular formula is C16H17ClN2OS. The van der Waals surface area contributed by atoms with Gasteiger partial charge in [0.25, 0.3) is 0 Å². The van der Waals surface area contributed by atoms with E-state index in [1.165, 1.54) is 11.1 Å². The first-order valence-corrected chi connectivity index (χ1v) is 8.03. The van der Waals surface area contributed by atoms with Crippen LogP contribution in [0.1, 0.15) is 22.3 Å². The van der Waals surface area contributed by atoms with Gasteiger partial charge in [-0.3, -0.25) is 0 Å². The van der Waals surface area contributed by atoms with E-state index in [1.807, 2.05) is 61.2 Å². The molecule has 3 N–H and O–H groups in total. The van der Waals surface area contributed by atoms with Crippen molar-refractivity contribution in [3.05, 3.63) is 69.7 Å². The van der Waals surface area contributed by atoms with Crippen LogP contribution in [0.25, 0.3) is 0 Å². The second-order valence-electron chi connectivity index (χ2n) is 4.75. The van der Waals surface area contributed by atoms with Crippen molar-refractivity contribution in [1.82, 2.24) is 0 Å². The summed E-state index contributed by atoms with van der Waals surface area (Å²) >= 11 is 7.72. The third-order valence-corrected chi connectivity index (χ3v) is 4.49. The van der Waals surface area contributed by atoms with Gasteiger partial charge >= 0.3 is 0 Å². The summed E-state index contributed by atoms with van der Waals surface area (Å²) in [5, 5.41) is 12.5. The van der Waals surface area contributed by atoms with Crippen LogP contribution in [0.2, 0.25) is 5.02 Å². The zero-order valence-corrected chi connectivity index (χ0v) is 13.3. The molecule has 0 fully saturated rings. The number of nitrogens with zero attached hydrogens (tertiary/aromatic N) is 1. The lowest BCUT2D eigenvalue weighted by atomic mass is 10.1. The minimum Gasteiger partial charge on any atom is -0.409 e. The topological polar surface area (TPSA) is 58.6 Å². The van der Waals surface area contributed by atoms with Crippen molar-refractivity contribution in [3.63, 3.8) is 0 Å². The summed E-state index contributed by atoms with van der Waals surface area (Å²) in [6.07, 6.45) is 0. The molecule has 2 rings (SSSR count). The van der Waals surface area contributed by atoms with Crippen LogP contribution in [0, 0.1) is 6.92 Å². The number of benzene rings is 2. The third-order valence-electron chi connectivity index (χ3n) is 3.19. The molecule has 0 aromatic heterocycles. The predicted molar refractivity (Wildman–Crippen MR) is 90.1 cm³/mol. The van der Waals surface area contributed by atoms with E-state index in [4.69, 9.17) is 22.5 Å². The molecule has 0 spiro atoms. The molecule has 0 saturated carbocycles. The first-order chi connectivity index (χ1) is 10.1. The van der Waals surface area contributed by atoms with Crippen LogP contribution in [-0.4, -0.2) is 11.0 Å². The molecule has 0 bridgehead atoms. The molecule has 0 amide bonds. The highest BCUT2D eigenvalue weighted by molar-refractivity contribution is 7.97. The summed E-state index contributed by atoms with van der Waals surface area (Å²) in [5.74, 6) is 2.00. The Morgan fingerprint density at radius 3 is 2.52 bits per heavy atom. The summed E-state index contributed by atoms with van der Waals surface area (Å²) in [6, 6.07) is 13.8. The van der Waals surface area contributed by atoms with E-state index in [0.29, 0.717) is 0 Å². The monoisotopic (exact) mass is 320 g/mol. The molecule has 21 heavy (non-hydrogen) atoms. The zero-order chi connectivity index (χ0) is 15.2. The molecule has 0 radical (unpaired) electrons. The Morgan fingerprint density at radius 2 is 1.90 bits per heavy atom. The average molecular weight is 321 g/mol. The highest BCUT2D eigenvalue weighted by Gasteiger charge is 2.04. The van der Waals surface area contributed by atoms with Gasteiger partial charge in [0.2, 0.25) is 0 Å². The first-order valence-electron chi connectivity index (χ1n) is 6.50. The minimum atomic E-state index is 0.137. The summed E-state index contributed by atoms with van der Waals surface area (Å²) in [4.78, 5) is 0. The quantitative estimate of drug-likeness (QED) is 0.376. The van der Waals surface area contributed by atoms with Crippen molar-refractivity contribution >= 4 is 29.2 Å². The fourth-order valence-electron chi connectivity index (χ4n) is 1.93. The SMILES string of the molecule is Cc1cc(/C(N)=N/O)ccc1CSCc1ccc(Cl)cc1. The largest absolute Gasteiger partial charge is 0.409 e. The summed E-state index contributed by atoms with van der Waals surface area (Å²) in [6.45, 7) is 2.03. The fraction of sp³-hybridized carbons (Fsp3) is 0.188. The minimum absolute atomic E-state index is 0.137. The molecule has 3 nitrogen and oxygen atoms in total. The molecule has 0 unspecified atom stereocenters. The fourth-order valence-corrected chi connectivity index (χ4v) is 3.13. The van der Waals surface area contributed by atoms with E-state index >= 15 is 0 Å². The van der Waals surface area contributed by atoms with Crippen molar-refractivity contribution in [2.45, 2.75) is 18.4 Å². The van der Waals surface area contributed by atoms with E-state index in [9.17, 15) is 0 Å².